The van der Waals surface area contributed by atoms with Gasteiger partial charge in [-0.25, -0.2) is 0 Å². The fourth-order valence-corrected chi connectivity index (χ4v) is 0. The molecule has 1 unspecified atom stereocenters. The van der Waals surface area contributed by atoms with E-state index in [1.54, 1.807) is 0 Å². The Hall–Kier alpha value is 0.669. The summed E-state index contributed by atoms with van der Waals surface area (Å²) in [4.78, 5) is 7.58. The van der Waals surface area contributed by atoms with Gasteiger partial charge in [-0.2, -0.15) is 0 Å². The van der Waals surface area contributed by atoms with Crippen LogP contribution in [0.15, 0.2) is 0 Å². The van der Waals surface area contributed by atoms with Crippen LogP contribution in [0.3, 0.4) is 0 Å². The van der Waals surface area contributed by atoms with E-state index in [-0.39, 0.29) is 0 Å². The van der Waals surface area contributed by atoms with E-state index in [4.69, 9.17) is 4.89 Å². The fourth-order valence-electron chi connectivity index (χ4n) is 0. The summed E-state index contributed by atoms with van der Waals surface area (Å²) in [6.07, 6.45) is 0. The Morgan fingerprint density at radius 3 is 2.20 bits per heavy atom. The molecule has 1 N–H and O–H groups in total. The summed E-state index contributed by atoms with van der Waals surface area (Å²) in [5.41, 5.74) is 0. The van der Waals surface area contributed by atoms with Crippen molar-refractivity contribution in [3.8, 4) is 0 Å². The van der Waals surface area contributed by atoms with Crippen LogP contribution in [0.1, 0.15) is 0 Å². The van der Waals surface area contributed by atoms with E-state index < -0.39 is 8.25 Å². The van der Waals surface area contributed by atoms with Crippen LogP contribution >= 0.6 is 8.25 Å². The molecule has 0 heterocycles. The zero-order chi connectivity index (χ0) is 4.28. The first-order valence-corrected chi connectivity index (χ1v) is 2.40. The summed E-state index contributed by atoms with van der Waals surface area (Å²) in [6.45, 7) is 0. The van der Waals surface area contributed by atoms with Gasteiger partial charge in [0, 0.05) is 0 Å². The summed E-state index contributed by atoms with van der Waals surface area (Å²) < 4.78 is 12.6. The van der Waals surface area contributed by atoms with Crippen LogP contribution in [0.4, 0.5) is 0 Å². The van der Waals surface area contributed by atoms with Crippen molar-refractivity contribution in [1.82, 2.24) is 0 Å². The Morgan fingerprint density at radius 2 is 2.20 bits per heavy atom. The van der Waals surface area contributed by atoms with Crippen molar-refractivity contribution in [2.75, 3.05) is 0 Å². The minimum atomic E-state index is -2.82. The Kier molecular flexibility index (Phi) is 3.27. The predicted octanol–water partition coefficient (Wildman–Crippen LogP) is -0.153. The van der Waals surface area contributed by atoms with Crippen molar-refractivity contribution in [1.29, 1.82) is 0 Å². The van der Waals surface area contributed by atoms with E-state index in [0.29, 0.717) is 0 Å². The van der Waals surface area contributed by atoms with Crippen LogP contribution in [0.2, 0.25) is 0 Å². The molecule has 5 heavy (non-hydrogen) atoms. The van der Waals surface area contributed by atoms with E-state index in [1.807, 2.05) is 0 Å². The summed E-state index contributed by atoms with van der Waals surface area (Å²) in [5.74, 6) is 0. The second-order valence-electron chi connectivity index (χ2n) is 0.327. The predicted molar refractivity (Wildman–Crippen MR) is 12.3 cm³/mol. The third-order valence-electron chi connectivity index (χ3n) is 0.0527. The van der Waals surface area contributed by atoms with Gasteiger partial charge in [0.2, 0.25) is 0 Å². The Morgan fingerprint density at radius 1 is 2.00 bits per heavy atom. The molecule has 0 aromatic heterocycles. The second-order valence-corrected chi connectivity index (χ2v) is 1.56. The van der Waals surface area contributed by atoms with Gasteiger partial charge in [0.05, 0.1) is 0 Å². The summed E-state index contributed by atoms with van der Waals surface area (Å²) in [5, 5.41) is 0. The molecular weight excluding hydrogens is 143 g/mol. The molecule has 0 aromatic carbocycles. The molecule has 0 radical (unpaired) electrons. The average molecular weight is 145 g/mol. The van der Waals surface area contributed by atoms with Gasteiger partial charge >= 0.3 is 37.7 Å². The zero-order valence-electron chi connectivity index (χ0n) is 2.07. The quantitative estimate of drug-likeness (QED) is 0.411. The number of rotatable bonds is 1. The molecule has 0 saturated carbocycles. The van der Waals surface area contributed by atoms with Crippen LogP contribution in [0.25, 0.3) is 0 Å². The van der Waals surface area contributed by atoms with Crippen molar-refractivity contribution < 1.29 is 29.4 Å². The minimum absolute atomic E-state index is 2.82. The third kappa shape index (κ3) is 4.67. The first-order chi connectivity index (χ1) is 2.27. The van der Waals surface area contributed by atoms with Crippen LogP contribution in [-0.2, 0) is 24.5 Å². The van der Waals surface area contributed by atoms with Gasteiger partial charge in [-0.05, 0) is 0 Å². The maximum absolute atomic E-state index is 9.22. The monoisotopic (exact) mass is 144 g/mol. The van der Waals surface area contributed by atoms with Crippen molar-refractivity contribution in [2.24, 2.45) is 0 Å². The third-order valence-corrected chi connectivity index (χ3v) is 0.651. The molecule has 0 bridgehead atoms. The number of hydrogen-bond donors (Lipinski definition) is 1. The Bertz CT molecular complexity index is 42.2. The van der Waals surface area contributed by atoms with Gasteiger partial charge < -0.3 is 0 Å². The van der Waals surface area contributed by atoms with Crippen LogP contribution < -0.4 is 0 Å². The van der Waals surface area contributed by atoms with E-state index in [2.05, 4.69) is 19.9 Å². The molecular formula is H2CuO3P. The van der Waals surface area contributed by atoms with Gasteiger partial charge in [0.25, 0.3) is 0 Å². The van der Waals surface area contributed by atoms with Crippen LogP contribution in [-0.4, -0.2) is 4.89 Å². The molecule has 0 aliphatic heterocycles. The maximum atomic E-state index is 9.22. The van der Waals surface area contributed by atoms with Crippen molar-refractivity contribution >= 4 is 8.25 Å². The Balaban J connectivity index is 2.85. The zero-order valence-corrected chi connectivity index (χ0v) is 4.01. The second kappa shape index (κ2) is 2.88. The topological polar surface area (TPSA) is 46.5 Å². The SMILES string of the molecule is O=[PH](O)[O][Cu]. The van der Waals surface area contributed by atoms with Crippen molar-refractivity contribution in [3.05, 3.63) is 0 Å². The normalized spacial score (nSPS) is 15.0. The van der Waals surface area contributed by atoms with Gasteiger partial charge in [0.1, 0.15) is 0 Å². The van der Waals surface area contributed by atoms with E-state index in [9.17, 15) is 4.57 Å². The average Bonchev–Trinajstić information content (AvgIpc) is 1.38. The van der Waals surface area contributed by atoms with Crippen molar-refractivity contribution in [3.63, 3.8) is 0 Å². The van der Waals surface area contributed by atoms with Crippen LogP contribution in [0.5, 0.6) is 0 Å². The molecule has 1 atom stereocenters. The van der Waals surface area contributed by atoms with E-state index in [0.717, 1.165) is 0 Å². The van der Waals surface area contributed by atoms with E-state index >= 15 is 0 Å². The number of hydrogen-bond acceptors (Lipinski definition) is 2. The van der Waals surface area contributed by atoms with Crippen LogP contribution in [0, 0.1) is 0 Å². The van der Waals surface area contributed by atoms with E-state index in [1.165, 1.54) is 0 Å². The molecule has 0 amide bonds. The Labute approximate surface area is 38.4 Å². The molecule has 3 nitrogen and oxygen atoms in total. The molecule has 36 valence electrons. The molecule has 0 aliphatic rings. The van der Waals surface area contributed by atoms with Gasteiger partial charge in [-0.3, -0.25) is 0 Å². The standard InChI is InChI=1S/Cu.H3O3P/c;1-4(2)3/h;4H,(H2,1,2,3)/q+1;/p-1. The molecule has 0 spiro atoms. The molecule has 0 aliphatic carbocycles. The fraction of sp³-hybridized carbons (Fsp3) is 0. The van der Waals surface area contributed by atoms with Gasteiger partial charge in [0.15, 0.2) is 0 Å². The van der Waals surface area contributed by atoms with Gasteiger partial charge in [-0.15, -0.1) is 0 Å². The summed E-state index contributed by atoms with van der Waals surface area (Å²) in [7, 11) is -2.82. The molecule has 0 aromatic rings. The summed E-state index contributed by atoms with van der Waals surface area (Å²) >= 11 is 3.78. The molecule has 0 saturated heterocycles. The van der Waals surface area contributed by atoms with Crippen molar-refractivity contribution in [2.45, 2.75) is 0 Å². The first-order valence-electron chi connectivity index (χ1n) is 0.755. The molecule has 0 rings (SSSR count). The van der Waals surface area contributed by atoms with Gasteiger partial charge in [-0.1, -0.05) is 0 Å². The molecule has 0 fully saturated rings. The summed E-state index contributed by atoms with van der Waals surface area (Å²) in [6, 6.07) is 0. The molecule has 5 heteroatoms. The first kappa shape index (κ1) is 5.67.